The molecule has 0 bridgehead atoms. The molecule has 2 aliphatic heterocycles. The van der Waals surface area contributed by atoms with E-state index in [9.17, 15) is 0 Å². The van der Waals surface area contributed by atoms with Crippen LogP contribution in [0.4, 0.5) is 0 Å². The van der Waals surface area contributed by atoms with Gasteiger partial charge in [0.05, 0.1) is 6.54 Å². The molecule has 2 rings (SSSR count). The van der Waals surface area contributed by atoms with Crippen molar-refractivity contribution in [2.45, 2.75) is 12.8 Å². The van der Waals surface area contributed by atoms with E-state index in [4.69, 9.17) is 0 Å². The van der Waals surface area contributed by atoms with Gasteiger partial charge in [-0.3, -0.25) is 0 Å². The van der Waals surface area contributed by atoms with Crippen molar-refractivity contribution in [1.29, 1.82) is 0 Å². The van der Waals surface area contributed by atoms with Crippen LogP contribution in [0.1, 0.15) is 12.8 Å². The van der Waals surface area contributed by atoms with Crippen molar-refractivity contribution in [2.75, 3.05) is 13.1 Å². The molecule has 0 aromatic rings. The summed E-state index contributed by atoms with van der Waals surface area (Å²) in [6, 6.07) is 0. The van der Waals surface area contributed by atoms with Gasteiger partial charge in [0.1, 0.15) is 0 Å². The first-order valence-electron chi connectivity index (χ1n) is 3.16. The first kappa shape index (κ1) is 4.24. The molecule has 2 aliphatic rings. The van der Waals surface area contributed by atoms with Gasteiger partial charge in [0, 0.05) is 17.9 Å². The Kier molecular flexibility index (Phi) is 0.745. The second-order valence-electron chi connectivity index (χ2n) is 2.34. The van der Waals surface area contributed by atoms with Crippen molar-refractivity contribution in [3.63, 3.8) is 0 Å². The van der Waals surface area contributed by atoms with Crippen LogP contribution in [0.15, 0.2) is 11.4 Å². The van der Waals surface area contributed by atoms with E-state index in [-0.39, 0.29) is 0 Å². The lowest BCUT2D eigenvalue weighted by atomic mass is 10.1. The van der Waals surface area contributed by atoms with E-state index in [0.29, 0.717) is 0 Å². The zero-order valence-corrected chi connectivity index (χ0v) is 4.83. The van der Waals surface area contributed by atoms with Gasteiger partial charge in [0.2, 0.25) is 0 Å². The Morgan fingerprint density at radius 2 is 2.12 bits per heavy atom. The Hall–Kier alpha value is -0.660. The summed E-state index contributed by atoms with van der Waals surface area (Å²) in [7, 11) is 0. The molecule has 0 aromatic carbocycles. The van der Waals surface area contributed by atoms with Crippen molar-refractivity contribution in [2.24, 2.45) is 0 Å². The van der Waals surface area contributed by atoms with Gasteiger partial charge in [-0.1, -0.05) is 0 Å². The third-order valence-corrected chi connectivity index (χ3v) is 1.78. The van der Waals surface area contributed by atoms with Gasteiger partial charge >= 0.3 is 0 Å². The van der Waals surface area contributed by atoms with Gasteiger partial charge in [-0.05, 0) is 12.8 Å². The van der Waals surface area contributed by atoms with Crippen LogP contribution in [0.3, 0.4) is 0 Å². The molecule has 0 saturated heterocycles. The maximum atomic E-state index is 3.34. The van der Waals surface area contributed by atoms with Gasteiger partial charge < -0.3 is 10.6 Å². The Morgan fingerprint density at radius 3 is 2.50 bits per heavy atom. The van der Waals surface area contributed by atoms with E-state index in [0.717, 1.165) is 6.54 Å². The van der Waals surface area contributed by atoms with Crippen molar-refractivity contribution >= 4 is 0 Å². The minimum absolute atomic E-state index is 1.08. The van der Waals surface area contributed by atoms with Gasteiger partial charge in [-0.2, -0.15) is 0 Å². The zero-order chi connectivity index (χ0) is 5.40. The van der Waals surface area contributed by atoms with Crippen molar-refractivity contribution in [3.8, 4) is 0 Å². The fraction of sp³-hybridized carbons (Fsp3) is 0.667. The van der Waals surface area contributed by atoms with Gasteiger partial charge in [-0.15, -0.1) is 0 Å². The second kappa shape index (κ2) is 1.41. The first-order chi connectivity index (χ1) is 3.97. The van der Waals surface area contributed by atoms with E-state index in [1.807, 2.05) is 0 Å². The summed E-state index contributed by atoms with van der Waals surface area (Å²) in [5, 5.41) is 6.60. The summed E-state index contributed by atoms with van der Waals surface area (Å²) < 4.78 is 0. The molecule has 2 heterocycles. The van der Waals surface area contributed by atoms with Crippen LogP contribution in [0.2, 0.25) is 0 Å². The van der Waals surface area contributed by atoms with Crippen molar-refractivity contribution in [1.82, 2.24) is 10.6 Å². The summed E-state index contributed by atoms with van der Waals surface area (Å²) >= 11 is 0. The second-order valence-corrected chi connectivity index (χ2v) is 2.34. The summed E-state index contributed by atoms with van der Waals surface area (Å²) in [6.45, 7) is 2.26. The topological polar surface area (TPSA) is 24.1 Å². The quantitative estimate of drug-likeness (QED) is 0.465. The fourth-order valence-electron chi connectivity index (χ4n) is 1.21. The largest absolute Gasteiger partial charge is 0.385 e. The minimum Gasteiger partial charge on any atom is -0.385 e. The number of hydrogen-bond donors (Lipinski definition) is 2. The molecule has 0 atom stereocenters. The lowest BCUT2D eigenvalue weighted by molar-refractivity contribution is 0.539. The van der Waals surface area contributed by atoms with Gasteiger partial charge in [0.25, 0.3) is 0 Å². The third kappa shape index (κ3) is 0.427. The lowest BCUT2D eigenvalue weighted by Crippen LogP contribution is -2.41. The molecule has 2 heteroatoms. The van der Waals surface area contributed by atoms with E-state index in [2.05, 4.69) is 10.6 Å². The average molecular weight is 110 g/mol. The highest BCUT2D eigenvalue weighted by molar-refractivity contribution is 5.24. The number of rotatable bonds is 0. The van der Waals surface area contributed by atoms with Crippen LogP contribution in [-0.4, -0.2) is 13.1 Å². The molecule has 0 amide bonds. The predicted molar refractivity (Wildman–Crippen MR) is 32.3 cm³/mol. The molecule has 2 N–H and O–H groups in total. The molecule has 0 aromatic heterocycles. The van der Waals surface area contributed by atoms with Crippen molar-refractivity contribution < 1.29 is 0 Å². The maximum absolute atomic E-state index is 3.34. The number of nitrogens with one attached hydrogen (secondary N) is 2. The number of allylic oxidation sites excluding steroid dienone is 1. The third-order valence-electron chi connectivity index (χ3n) is 1.78. The summed E-state index contributed by atoms with van der Waals surface area (Å²) in [4.78, 5) is 0. The molecule has 44 valence electrons. The van der Waals surface area contributed by atoms with Crippen LogP contribution in [0, 0.1) is 0 Å². The van der Waals surface area contributed by atoms with E-state index < -0.39 is 0 Å². The monoisotopic (exact) mass is 110 g/mol. The van der Waals surface area contributed by atoms with Crippen LogP contribution in [0.5, 0.6) is 0 Å². The SMILES string of the molecule is C1CNC2=C(C1)NC2. The van der Waals surface area contributed by atoms with E-state index >= 15 is 0 Å². The molecular weight excluding hydrogens is 100 g/mol. The first-order valence-corrected chi connectivity index (χ1v) is 3.16. The van der Waals surface area contributed by atoms with Gasteiger partial charge in [-0.25, -0.2) is 0 Å². The molecule has 0 fully saturated rings. The average Bonchev–Trinajstić information content (AvgIpc) is 1.72. The molecular formula is C6H10N2. The highest BCUT2D eigenvalue weighted by Crippen LogP contribution is 2.17. The number of hydrogen-bond acceptors (Lipinski definition) is 2. The molecule has 0 unspecified atom stereocenters. The smallest absolute Gasteiger partial charge is 0.0563 e. The predicted octanol–water partition coefficient (Wildman–Crippen LogP) is 0.185. The van der Waals surface area contributed by atoms with E-state index in [1.165, 1.54) is 30.8 Å². The highest BCUT2D eigenvalue weighted by atomic mass is 15.1. The standard InChI is InChI=1S/C6H10N2/c1-2-5-6(4-8-5)7-3-1/h7-8H,1-4H2. The lowest BCUT2D eigenvalue weighted by Gasteiger charge is -2.31. The zero-order valence-electron chi connectivity index (χ0n) is 4.83. The molecule has 0 spiro atoms. The van der Waals surface area contributed by atoms with Crippen molar-refractivity contribution in [3.05, 3.63) is 11.4 Å². The Morgan fingerprint density at radius 1 is 1.12 bits per heavy atom. The molecule has 0 aliphatic carbocycles. The highest BCUT2D eigenvalue weighted by Gasteiger charge is 2.18. The minimum atomic E-state index is 1.08. The maximum Gasteiger partial charge on any atom is 0.0563 e. The Balaban J connectivity index is 2.18. The van der Waals surface area contributed by atoms with Crippen LogP contribution in [0.25, 0.3) is 0 Å². The normalized spacial score (nSPS) is 25.0. The summed E-state index contributed by atoms with van der Waals surface area (Å²) in [5.74, 6) is 0. The van der Waals surface area contributed by atoms with E-state index in [1.54, 1.807) is 0 Å². The molecule has 2 nitrogen and oxygen atoms in total. The van der Waals surface area contributed by atoms with Crippen LogP contribution in [-0.2, 0) is 0 Å². The summed E-state index contributed by atoms with van der Waals surface area (Å²) in [6.07, 6.45) is 2.56. The Bertz CT molecular complexity index is 121. The van der Waals surface area contributed by atoms with Crippen LogP contribution >= 0.6 is 0 Å². The molecule has 8 heavy (non-hydrogen) atoms. The molecule has 0 saturated carbocycles. The Labute approximate surface area is 49.0 Å². The van der Waals surface area contributed by atoms with Crippen LogP contribution < -0.4 is 10.6 Å². The summed E-state index contributed by atoms with van der Waals surface area (Å²) in [5.41, 5.74) is 2.91. The molecule has 0 radical (unpaired) electrons. The van der Waals surface area contributed by atoms with Gasteiger partial charge in [0.15, 0.2) is 0 Å². The fourth-order valence-corrected chi connectivity index (χ4v) is 1.21.